The molecule has 110 valence electrons. The summed E-state index contributed by atoms with van der Waals surface area (Å²) in [5, 5.41) is 2.79. The van der Waals surface area contributed by atoms with Gasteiger partial charge in [-0.3, -0.25) is 4.79 Å². The third-order valence-corrected chi connectivity index (χ3v) is 3.20. The number of nitrogens with one attached hydrogen (secondary N) is 1. The molecule has 4 heteroatoms. The molecular formula is C17H20N2O2. The predicted octanol–water partition coefficient (Wildman–Crippen LogP) is 4.23. The molecule has 0 aliphatic heterocycles. The van der Waals surface area contributed by atoms with Crippen molar-refractivity contribution < 1.29 is 9.53 Å². The smallest absolute Gasteiger partial charge is 0.224 e. The molecule has 0 fully saturated rings. The monoisotopic (exact) mass is 284 g/mol. The highest BCUT2D eigenvalue weighted by atomic mass is 16.5. The minimum atomic E-state index is 0.00197. The van der Waals surface area contributed by atoms with Gasteiger partial charge in [0.1, 0.15) is 5.75 Å². The van der Waals surface area contributed by atoms with Gasteiger partial charge in [-0.05, 0) is 49.6 Å². The molecule has 1 N–H and O–H groups in total. The molecule has 0 saturated carbocycles. The van der Waals surface area contributed by atoms with Gasteiger partial charge in [-0.1, -0.05) is 13.0 Å². The van der Waals surface area contributed by atoms with E-state index in [0.717, 1.165) is 12.2 Å². The van der Waals surface area contributed by atoms with E-state index >= 15 is 0 Å². The van der Waals surface area contributed by atoms with Crippen molar-refractivity contribution in [3.05, 3.63) is 47.7 Å². The van der Waals surface area contributed by atoms with Crippen LogP contribution in [0, 0.1) is 13.8 Å². The Morgan fingerprint density at radius 3 is 2.62 bits per heavy atom. The molecule has 2 rings (SSSR count). The third kappa shape index (κ3) is 4.31. The number of amides is 1. The lowest BCUT2D eigenvalue weighted by Crippen LogP contribution is -2.10. The van der Waals surface area contributed by atoms with Crippen molar-refractivity contribution >= 4 is 11.6 Å². The van der Waals surface area contributed by atoms with Crippen LogP contribution in [-0.4, -0.2) is 10.9 Å². The lowest BCUT2D eigenvalue weighted by atomic mass is 10.1. The van der Waals surface area contributed by atoms with Crippen LogP contribution in [0.1, 0.15) is 30.9 Å². The maximum absolute atomic E-state index is 11.5. The molecule has 0 saturated heterocycles. The maximum atomic E-state index is 11.5. The number of rotatable bonds is 5. The van der Waals surface area contributed by atoms with Crippen molar-refractivity contribution in [2.75, 3.05) is 5.32 Å². The van der Waals surface area contributed by atoms with Crippen LogP contribution in [0.3, 0.4) is 0 Å². The lowest BCUT2D eigenvalue weighted by molar-refractivity contribution is -0.116. The summed E-state index contributed by atoms with van der Waals surface area (Å²) in [6.07, 6.45) is 2.94. The predicted molar refractivity (Wildman–Crippen MR) is 83.8 cm³/mol. The van der Waals surface area contributed by atoms with E-state index in [1.165, 1.54) is 11.1 Å². The van der Waals surface area contributed by atoms with Gasteiger partial charge in [-0.25, -0.2) is 4.98 Å². The number of carbonyl (C=O) groups excluding carboxylic acids is 1. The zero-order valence-electron chi connectivity index (χ0n) is 12.6. The average Bonchev–Trinajstić information content (AvgIpc) is 2.45. The number of ether oxygens (including phenoxy) is 1. The highest BCUT2D eigenvalue weighted by Crippen LogP contribution is 2.22. The van der Waals surface area contributed by atoms with Crippen molar-refractivity contribution in [2.45, 2.75) is 33.6 Å². The van der Waals surface area contributed by atoms with E-state index in [1.807, 2.05) is 32.0 Å². The van der Waals surface area contributed by atoms with Crippen LogP contribution in [0.4, 0.5) is 5.69 Å². The van der Waals surface area contributed by atoms with Gasteiger partial charge >= 0.3 is 0 Å². The number of carbonyl (C=O) groups is 1. The van der Waals surface area contributed by atoms with Crippen molar-refractivity contribution in [3.63, 3.8) is 0 Å². The minimum absolute atomic E-state index is 0.00197. The van der Waals surface area contributed by atoms with E-state index in [9.17, 15) is 4.79 Å². The Labute approximate surface area is 125 Å². The van der Waals surface area contributed by atoms with Gasteiger partial charge in [0, 0.05) is 12.5 Å². The maximum Gasteiger partial charge on any atom is 0.224 e. The fourth-order valence-corrected chi connectivity index (χ4v) is 1.86. The van der Waals surface area contributed by atoms with Crippen molar-refractivity contribution in [1.82, 2.24) is 4.98 Å². The summed E-state index contributed by atoms with van der Waals surface area (Å²) < 4.78 is 5.70. The van der Waals surface area contributed by atoms with Crippen LogP contribution < -0.4 is 10.1 Å². The van der Waals surface area contributed by atoms with Crippen molar-refractivity contribution in [1.29, 1.82) is 0 Å². The van der Waals surface area contributed by atoms with Gasteiger partial charge in [-0.2, -0.15) is 0 Å². The molecule has 21 heavy (non-hydrogen) atoms. The summed E-state index contributed by atoms with van der Waals surface area (Å²) in [4.78, 5) is 15.7. The molecule has 0 unspecified atom stereocenters. The Morgan fingerprint density at radius 2 is 2.00 bits per heavy atom. The number of pyridine rings is 1. The molecule has 1 aromatic carbocycles. The summed E-state index contributed by atoms with van der Waals surface area (Å²) >= 11 is 0. The Kier molecular flexibility index (Phi) is 4.93. The zero-order chi connectivity index (χ0) is 15.2. The SMILES string of the molecule is CCCC(=O)Nc1ccc(Oc2ccc(C)c(C)c2)nc1. The number of benzene rings is 1. The van der Waals surface area contributed by atoms with Crippen molar-refractivity contribution in [2.24, 2.45) is 0 Å². The van der Waals surface area contributed by atoms with E-state index in [1.54, 1.807) is 18.3 Å². The molecule has 0 radical (unpaired) electrons. The molecule has 0 aliphatic rings. The van der Waals surface area contributed by atoms with Gasteiger partial charge in [-0.15, -0.1) is 0 Å². The number of aryl methyl sites for hydroxylation is 2. The summed E-state index contributed by atoms with van der Waals surface area (Å²) in [5.41, 5.74) is 3.08. The van der Waals surface area contributed by atoms with Crippen LogP contribution in [-0.2, 0) is 4.79 Å². The number of anilines is 1. The quantitative estimate of drug-likeness (QED) is 0.894. The second-order valence-corrected chi connectivity index (χ2v) is 5.03. The van der Waals surface area contributed by atoms with E-state index in [2.05, 4.69) is 17.2 Å². The van der Waals surface area contributed by atoms with Crippen molar-refractivity contribution in [3.8, 4) is 11.6 Å². The first-order chi connectivity index (χ1) is 10.1. The lowest BCUT2D eigenvalue weighted by Gasteiger charge is -2.08. The number of nitrogens with zero attached hydrogens (tertiary/aromatic N) is 1. The molecule has 1 aromatic heterocycles. The normalized spacial score (nSPS) is 10.2. The highest BCUT2D eigenvalue weighted by Gasteiger charge is 2.03. The average molecular weight is 284 g/mol. The zero-order valence-corrected chi connectivity index (χ0v) is 12.6. The highest BCUT2D eigenvalue weighted by molar-refractivity contribution is 5.90. The summed E-state index contributed by atoms with van der Waals surface area (Å²) in [6, 6.07) is 9.45. The van der Waals surface area contributed by atoms with Crippen LogP contribution in [0.5, 0.6) is 11.6 Å². The topological polar surface area (TPSA) is 51.2 Å². The Hall–Kier alpha value is -2.36. The molecule has 0 bridgehead atoms. The van der Waals surface area contributed by atoms with Crippen LogP contribution in [0.15, 0.2) is 36.5 Å². The largest absolute Gasteiger partial charge is 0.439 e. The fourth-order valence-electron chi connectivity index (χ4n) is 1.86. The van der Waals surface area contributed by atoms with Gasteiger partial charge in [0.25, 0.3) is 0 Å². The van der Waals surface area contributed by atoms with Gasteiger partial charge in [0.2, 0.25) is 11.8 Å². The first-order valence-electron chi connectivity index (χ1n) is 7.09. The summed E-state index contributed by atoms with van der Waals surface area (Å²) in [6.45, 7) is 6.07. The Balaban J connectivity index is 2.01. The first-order valence-corrected chi connectivity index (χ1v) is 7.09. The second kappa shape index (κ2) is 6.88. The Morgan fingerprint density at radius 1 is 1.19 bits per heavy atom. The molecule has 0 spiro atoms. The number of hydrogen-bond acceptors (Lipinski definition) is 3. The number of hydrogen-bond donors (Lipinski definition) is 1. The van der Waals surface area contributed by atoms with E-state index < -0.39 is 0 Å². The first kappa shape index (κ1) is 15.0. The molecule has 4 nitrogen and oxygen atoms in total. The summed E-state index contributed by atoms with van der Waals surface area (Å²) in [7, 11) is 0. The third-order valence-electron chi connectivity index (χ3n) is 3.20. The van der Waals surface area contributed by atoms with Gasteiger partial charge < -0.3 is 10.1 Å². The van der Waals surface area contributed by atoms with Gasteiger partial charge in [0.15, 0.2) is 0 Å². The minimum Gasteiger partial charge on any atom is -0.439 e. The molecule has 0 aliphatic carbocycles. The molecule has 1 heterocycles. The standard InChI is InChI=1S/C17H20N2O2/c1-4-5-16(20)19-14-7-9-17(18-11-14)21-15-8-6-12(2)13(3)10-15/h6-11H,4-5H2,1-3H3,(H,19,20). The fraction of sp³-hybridized carbons (Fsp3) is 0.294. The van der Waals surface area contributed by atoms with Crippen LogP contribution in [0.25, 0.3) is 0 Å². The van der Waals surface area contributed by atoms with E-state index in [0.29, 0.717) is 18.0 Å². The number of aromatic nitrogens is 1. The summed E-state index contributed by atoms with van der Waals surface area (Å²) in [5.74, 6) is 1.27. The molecular weight excluding hydrogens is 264 g/mol. The molecule has 1 amide bonds. The molecule has 2 aromatic rings. The second-order valence-electron chi connectivity index (χ2n) is 5.03. The van der Waals surface area contributed by atoms with E-state index in [-0.39, 0.29) is 5.91 Å². The Bertz CT molecular complexity index is 621. The van der Waals surface area contributed by atoms with Gasteiger partial charge in [0.05, 0.1) is 11.9 Å². The van der Waals surface area contributed by atoms with Crippen LogP contribution in [0.2, 0.25) is 0 Å². The van der Waals surface area contributed by atoms with Crippen LogP contribution >= 0.6 is 0 Å². The molecule has 0 atom stereocenters. The van der Waals surface area contributed by atoms with E-state index in [4.69, 9.17) is 4.74 Å².